The Morgan fingerprint density at radius 3 is 1.57 bits per heavy atom. The number of rotatable bonds is 9. The van der Waals surface area contributed by atoms with Crippen LogP contribution in [0.15, 0.2) is 72.8 Å². The van der Waals surface area contributed by atoms with Crippen LogP contribution in [0.25, 0.3) is 0 Å². The summed E-state index contributed by atoms with van der Waals surface area (Å²) in [7, 11) is 1.40. The van der Waals surface area contributed by atoms with Crippen LogP contribution in [0.1, 0.15) is 47.8 Å². The van der Waals surface area contributed by atoms with Crippen molar-refractivity contribution < 1.29 is 38.1 Å². The highest BCUT2D eigenvalue weighted by Gasteiger charge is 2.60. The zero-order valence-electron chi connectivity index (χ0n) is 22.7. The van der Waals surface area contributed by atoms with Crippen molar-refractivity contribution in [2.45, 2.75) is 44.9 Å². The van der Waals surface area contributed by atoms with Crippen molar-refractivity contribution in [3.63, 3.8) is 0 Å². The zero-order valence-corrected chi connectivity index (χ0v) is 24.3. The Morgan fingerprint density at radius 1 is 0.725 bits per heavy atom. The molecule has 4 unspecified atom stereocenters. The summed E-state index contributed by atoms with van der Waals surface area (Å²) < 4.78 is 29.2. The van der Waals surface area contributed by atoms with E-state index in [0.29, 0.717) is 16.7 Å². The second-order valence-electron chi connectivity index (χ2n) is 9.70. The summed E-state index contributed by atoms with van der Waals surface area (Å²) in [6, 6.07) is 20.6. The molecule has 1 aliphatic rings. The molecule has 40 heavy (non-hydrogen) atoms. The third-order valence-corrected chi connectivity index (χ3v) is 7.48. The first kappa shape index (κ1) is 29.5. The highest BCUT2D eigenvalue weighted by Crippen LogP contribution is 2.38. The van der Waals surface area contributed by atoms with Gasteiger partial charge in [0.05, 0.1) is 22.0 Å². The predicted octanol–water partition coefficient (Wildman–Crippen LogP) is 5.36. The summed E-state index contributed by atoms with van der Waals surface area (Å²) in [6.45, 7) is 5.44. The van der Waals surface area contributed by atoms with Gasteiger partial charge in [-0.25, -0.2) is 14.4 Å². The molecule has 3 aromatic carbocycles. The quantitative estimate of drug-likeness (QED) is 0.181. The fourth-order valence-corrected chi connectivity index (χ4v) is 4.95. The van der Waals surface area contributed by atoms with Crippen LogP contribution < -0.4 is 0 Å². The fourth-order valence-electron chi connectivity index (χ4n) is 4.27. The molecule has 9 heteroatoms. The van der Waals surface area contributed by atoms with Gasteiger partial charge in [0.25, 0.3) is 0 Å². The number of alkyl halides is 1. The molecule has 1 aliphatic heterocycles. The van der Waals surface area contributed by atoms with Gasteiger partial charge < -0.3 is 23.7 Å². The van der Waals surface area contributed by atoms with E-state index in [4.69, 9.17) is 23.7 Å². The average Bonchev–Trinajstić information content (AvgIpc) is 3.24. The highest BCUT2D eigenvalue weighted by atomic mass is 79.9. The summed E-state index contributed by atoms with van der Waals surface area (Å²) in [5.41, 5.74) is 3.93. The first-order chi connectivity index (χ1) is 19.2. The third-order valence-electron chi connectivity index (χ3n) is 6.70. The minimum absolute atomic E-state index is 0.0728. The summed E-state index contributed by atoms with van der Waals surface area (Å²) in [5.74, 6) is -3.40. The molecule has 1 saturated heterocycles. The fraction of sp³-hybridized carbons (Fsp3) is 0.323. The monoisotopic (exact) mass is 610 g/mol. The second-order valence-corrected chi connectivity index (χ2v) is 10.3. The molecule has 0 spiro atoms. The molecule has 0 N–H and O–H groups in total. The van der Waals surface area contributed by atoms with Gasteiger partial charge in [0.1, 0.15) is 12.7 Å². The Kier molecular flexibility index (Phi) is 9.40. The van der Waals surface area contributed by atoms with E-state index < -0.39 is 42.0 Å². The van der Waals surface area contributed by atoms with Gasteiger partial charge in [0, 0.05) is 7.11 Å². The van der Waals surface area contributed by atoms with Gasteiger partial charge in [-0.3, -0.25) is 0 Å². The van der Waals surface area contributed by atoms with Crippen LogP contribution >= 0.6 is 15.9 Å². The van der Waals surface area contributed by atoms with Gasteiger partial charge in [-0.15, -0.1) is 0 Å². The largest absolute Gasteiger partial charge is 0.459 e. The normalized spacial score (nSPS) is 22.0. The Hall–Kier alpha value is -3.53. The van der Waals surface area contributed by atoms with E-state index in [9.17, 15) is 14.4 Å². The van der Waals surface area contributed by atoms with E-state index in [-0.39, 0.29) is 11.9 Å². The number of aryl methyl sites for hydroxylation is 3. The molecule has 1 fully saturated rings. The van der Waals surface area contributed by atoms with Gasteiger partial charge in [0.2, 0.25) is 5.79 Å². The maximum absolute atomic E-state index is 13.2. The molecule has 0 amide bonds. The molecule has 8 nitrogen and oxygen atoms in total. The van der Waals surface area contributed by atoms with Crippen LogP contribution in [-0.4, -0.2) is 61.1 Å². The van der Waals surface area contributed by atoms with Crippen molar-refractivity contribution in [1.29, 1.82) is 0 Å². The van der Waals surface area contributed by atoms with Crippen LogP contribution in [0.3, 0.4) is 0 Å². The summed E-state index contributed by atoms with van der Waals surface area (Å²) in [6.07, 6.45) is -3.35. The molecular weight excluding hydrogens is 580 g/mol. The van der Waals surface area contributed by atoms with Gasteiger partial charge in [-0.1, -0.05) is 69.0 Å². The molecule has 0 aliphatic carbocycles. The lowest BCUT2D eigenvalue weighted by Gasteiger charge is -2.31. The molecule has 3 aromatic rings. The van der Waals surface area contributed by atoms with Crippen LogP contribution in [-0.2, 0) is 23.7 Å². The number of carbonyl (C=O) groups excluding carboxylic acids is 3. The highest BCUT2D eigenvalue weighted by molar-refractivity contribution is 9.09. The van der Waals surface area contributed by atoms with E-state index in [2.05, 4.69) is 15.9 Å². The Labute approximate surface area is 241 Å². The zero-order chi connectivity index (χ0) is 28.9. The first-order valence-electron chi connectivity index (χ1n) is 12.7. The number of esters is 3. The van der Waals surface area contributed by atoms with Crippen molar-refractivity contribution in [1.82, 2.24) is 0 Å². The number of hydrogen-bond donors (Lipinski definition) is 0. The minimum Gasteiger partial charge on any atom is -0.459 e. The van der Waals surface area contributed by atoms with Crippen molar-refractivity contribution in [2.24, 2.45) is 0 Å². The standard InChI is InChI=1S/C31H31BrO8/c1-19-5-11-22(12-6-19)28(33)37-17-25-26(38-29(34)23-13-7-20(2)8-14-23)27(31(18-32,36-4)40-25)39-30(35)24-15-9-21(3)10-16-24/h5-16,25-27H,17-18H2,1-4H3. The third kappa shape index (κ3) is 6.60. The Balaban J connectivity index is 1.62. The van der Waals surface area contributed by atoms with E-state index in [1.807, 2.05) is 20.8 Å². The van der Waals surface area contributed by atoms with E-state index >= 15 is 0 Å². The predicted molar refractivity (Wildman–Crippen MR) is 151 cm³/mol. The number of benzene rings is 3. The van der Waals surface area contributed by atoms with Crippen LogP contribution in [0.2, 0.25) is 0 Å². The maximum atomic E-state index is 13.2. The lowest BCUT2D eigenvalue weighted by Crippen LogP contribution is -2.50. The number of methoxy groups -OCH3 is 1. The summed E-state index contributed by atoms with van der Waals surface area (Å²) >= 11 is 3.40. The molecule has 1 heterocycles. The van der Waals surface area contributed by atoms with Crippen LogP contribution in [0.5, 0.6) is 0 Å². The minimum atomic E-state index is -1.53. The van der Waals surface area contributed by atoms with Gasteiger partial charge in [0.15, 0.2) is 12.2 Å². The van der Waals surface area contributed by atoms with Crippen molar-refractivity contribution in [3.8, 4) is 0 Å². The average molecular weight is 611 g/mol. The first-order valence-corrected chi connectivity index (χ1v) is 13.9. The Bertz CT molecular complexity index is 1330. The summed E-state index contributed by atoms with van der Waals surface area (Å²) in [4.78, 5) is 39.1. The molecule has 0 bridgehead atoms. The number of carbonyl (C=O) groups is 3. The van der Waals surface area contributed by atoms with E-state index in [1.165, 1.54) is 7.11 Å². The molecule has 0 saturated carbocycles. The molecule has 0 radical (unpaired) electrons. The molecular formula is C31H31BrO8. The SMILES string of the molecule is COC1(CBr)OC(COC(=O)c2ccc(C)cc2)C(OC(=O)c2ccc(C)cc2)C1OC(=O)c1ccc(C)cc1. The van der Waals surface area contributed by atoms with Crippen LogP contribution in [0, 0.1) is 20.8 Å². The topological polar surface area (TPSA) is 97.4 Å². The number of hydrogen-bond acceptors (Lipinski definition) is 8. The number of ether oxygens (including phenoxy) is 5. The molecule has 210 valence electrons. The van der Waals surface area contributed by atoms with Gasteiger partial charge >= 0.3 is 17.9 Å². The summed E-state index contributed by atoms with van der Waals surface area (Å²) in [5, 5.41) is 0.0728. The van der Waals surface area contributed by atoms with E-state index in [1.54, 1.807) is 72.8 Å². The van der Waals surface area contributed by atoms with Crippen molar-refractivity contribution in [3.05, 3.63) is 106 Å². The number of halogens is 1. The van der Waals surface area contributed by atoms with Crippen molar-refractivity contribution >= 4 is 33.8 Å². The van der Waals surface area contributed by atoms with Crippen molar-refractivity contribution in [2.75, 3.05) is 19.0 Å². The van der Waals surface area contributed by atoms with Crippen LogP contribution in [0.4, 0.5) is 0 Å². The molecule has 0 aromatic heterocycles. The second kappa shape index (κ2) is 12.8. The van der Waals surface area contributed by atoms with Gasteiger partial charge in [-0.2, -0.15) is 0 Å². The smallest absolute Gasteiger partial charge is 0.338 e. The molecule has 4 rings (SSSR count). The van der Waals surface area contributed by atoms with Gasteiger partial charge in [-0.05, 0) is 57.2 Å². The Morgan fingerprint density at radius 2 is 1.15 bits per heavy atom. The lowest BCUT2D eigenvalue weighted by molar-refractivity contribution is -0.230. The van der Waals surface area contributed by atoms with E-state index in [0.717, 1.165) is 16.7 Å². The lowest BCUT2D eigenvalue weighted by atomic mass is 10.0. The molecule has 4 atom stereocenters. The maximum Gasteiger partial charge on any atom is 0.338 e.